The first-order valence-electron chi connectivity index (χ1n) is 6.93. The third kappa shape index (κ3) is 3.72. The van der Waals surface area contributed by atoms with E-state index in [-0.39, 0.29) is 6.10 Å². The summed E-state index contributed by atoms with van der Waals surface area (Å²) in [4.78, 5) is 0. The zero-order chi connectivity index (χ0) is 14.2. The SMILES string of the molecule is CC=Cc1ccccc1OC(CNC)c1ccccc1. The van der Waals surface area contributed by atoms with E-state index >= 15 is 0 Å². The van der Waals surface area contributed by atoms with Crippen molar-refractivity contribution in [2.24, 2.45) is 0 Å². The summed E-state index contributed by atoms with van der Waals surface area (Å²) in [5.41, 5.74) is 2.28. The van der Waals surface area contributed by atoms with E-state index in [0.29, 0.717) is 0 Å². The number of para-hydroxylation sites is 1. The highest BCUT2D eigenvalue weighted by Gasteiger charge is 2.13. The van der Waals surface area contributed by atoms with E-state index in [2.05, 4.69) is 29.6 Å². The van der Waals surface area contributed by atoms with Crippen LogP contribution < -0.4 is 10.1 Å². The van der Waals surface area contributed by atoms with Crippen LogP contribution in [0.1, 0.15) is 24.2 Å². The second-order valence-corrected chi connectivity index (χ2v) is 4.61. The van der Waals surface area contributed by atoms with Gasteiger partial charge < -0.3 is 10.1 Å². The summed E-state index contributed by atoms with van der Waals surface area (Å²) in [5.74, 6) is 0.912. The number of likely N-dealkylation sites (N-methyl/N-ethyl adjacent to an activating group) is 1. The van der Waals surface area contributed by atoms with Crippen molar-refractivity contribution >= 4 is 6.08 Å². The highest BCUT2D eigenvalue weighted by molar-refractivity contribution is 5.56. The summed E-state index contributed by atoms with van der Waals surface area (Å²) < 4.78 is 6.21. The number of rotatable bonds is 6. The Labute approximate surface area is 121 Å². The Balaban J connectivity index is 2.25. The third-order valence-corrected chi connectivity index (χ3v) is 3.10. The van der Waals surface area contributed by atoms with Gasteiger partial charge in [-0.2, -0.15) is 0 Å². The smallest absolute Gasteiger partial charge is 0.136 e. The van der Waals surface area contributed by atoms with Crippen molar-refractivity contribution in [3.63, 3.8) is 0 Å². The van der Waals surface area contributed by atoms with Crippen LogP contribution in [0.2, 0.25) is 0 Å². The molecule has 0 aliphatic heterocycles. The molecule has 1 unspecified atom stereocenters. The van der Waals surface area contributed by atoms with Crippen LogP contribution >= 0.6 is 0 Å². The van der Waals surface area contributed by atoms with Crippen LogP contribution in [0.25, 0.3) is 6.08 Å². The molecule has 0 spiro atoms. The van der Waals surface area contributed by atoms with Gasteiger partial charge in [0.25, 0.3) is 0 Å². The van der Waals surface area contributed by atoms with Gasteiger partial charge in [-0.25, -0.2) is 0 Å². The Kier molecular flexibility index (Phi) is 5.39. The van der Waals surface area contributed by atoms with E-state index < -0.39 is 0 Å². The summed E-state index contributed by atoms with van der Waals surface area (Å²) in [5, 5.41) is 3.19. The maximum absolute atomic E-state index is 6.21. The molecule has 0 fully saturated rings. The summed E-state index contributed by atoms with van der Waals surface area (Å²) in [7, 11) is 1.94. The van der Waals surface area contributed by atoms with E-state index in [0.717, 1.165) is 17.9 Å². The molecule has 1 atom stereocenters. The van der Waals surface area contributed by atoms with Crippen molar-refractivity contribution in [3.05, 3.63) is 71.8 Å². The topological polar surface area (TPSA) is 21.3 Å². The monoisotopic (exact) mass is 267 g/mol. The quantitative estimate of drug-likeness (QED) is 0.852. The Morgan fingerprint density at radius 3 is 2.45 bits per heavy atom. The molecule has 0 heterocycles. The summed E-state index contributed by atoms with van der Waals surface area (Å²) in [6.45, 7) is 2.78. The lowest BCUT2D eigenvalue weighted by atomic mass is 10.1. The average molecular weight is 267 g/mol. The molecular formula is C18H21NO. The first kappa shape index (κ1) is 14.4. The van der Waals surface area contributed by atoms with Crippen LogP contribution in [-0.2, 0) is 0 Å². The van der Waals surface area contributed by atoms with E-state index in [9.17, 15) is 0 Å². The predicted molar refractivity (Wildman–Crippen MR) is 84.9 cm³/mol. The summed E-state index contributed by atoms with van der Waals surface area (Å²) >= 11 is 0. The molecule has 0 radical (unpaired) electrons. The lowest BCUT2D eigenvalue weighted by molar-refractivity contribution is 0.204. The summed E-state index contributed by atoms with van der Waals surface area (Å²) in [6.07, 6.45) is 4.10. The van der Waals surface area contributed by atoms with Crippen molar-refractivity contribution in [1.29, 1.82) is 0 Å². The number of allylic oxidation sites excluding steroid dienone is 1. The molecule has 0 aliphatic rings. The van der Waals surface area contributed by atoms with Crippen molar-refractivity contribution in [3.8, 4) is 5.75 Å². The molecular weight excluding hydrogens is 246 g/mol. The highest BCUT2D eigenvalue weighted by atomic mass is 16.5. The first-order chi connectivity index (χ1) is 9.85. The zero-order valence-corrected chi connectivity index (χ0v) is 12.0. The molecule has 0 aromatic heterocycles. The van der Waals surface area contributed by atoms with E-state index in [1.54, 1.807) is 0 Å². The second-order valence-electron chi connectivity index (χ2n) is 4.61. The van der Waals surface area contributed by atoms with Crippen molar-refractivity contribution in [1.82, 2.24) is 5.32 Å². The highest BCUT2D eigenvalue weighted by Crippen LogP contribution is 2.26. The van der Waals surface area contributed by atoms with Crippen molar-refractivity contribution in [2.75, 3.05) is 13.6 Å². The molecule has 2 nitrogen and oxygen atoms in total. The van der Waals surface area contributed by atoms with Crippen LogP contribution in [0.5, 0.6) is 5.75 Å². The number of ether oxygens (including phenoxy) is 1. The maximum atomic E-state index is 6.21. The third-order valence-electron chi connectivity index (χ3n) is 3.10. The minimum Gasteiger partial charge on any atom is -0.484 e. The number of nitrogens with one attached hydrogen (secondary N) is 1. The molecule has 0 amide bonds. The van der Waals surface area contributed by atoms with Crippen LogP contribution in [0.4, 0.5) is 0 Å². The Hall–Kier alpha value is -2.06. The Bertz CT molecular complexity index is 548. The van der Waals surface area contributed by atoms with Crippen molar-refractivity contribution < 1.29 is 4.74 Å². The van der Waals surface area contributed by atoms with Crippen LogP contribution in [0.3, 0.4) is 0 Å². The number of hydrogen-bond acceptors (Lipinski definition) is 2. The van der Waals surface area contributed by atoms with Crippen LogP contribution in [0, 0.1) is 0 Å². The molecule has 0 saturated heterocycles. The van der Waals surface area contributed by atoms with Crippen LogP contribution in [0.15, 0.2) is 60.7 Å². The maximum Gasteiger partial charge on any atom is 0.136 e. The van der Waals surface area contributed by atoms with Gasteiger partial charge in [0, 0.05) is 12.1 Å². The molecule has 0 saturated carbocycles. The minimum absolute atomic E-state index is 0.00704. The fraction of sp³-hybridized carbons (Fsp3) is 0.222. The van der Waals surface area contributed by atoms with Gasteiger partial charge in [0.1, 0.15) is 11.9 Å². The lowest BCUT2D eigenvalue weighted by Crippen LogP contribution is -2.22. The Morgan fingerprint density at radius 2 is 1.75 bits per heavy atom. The zero-order valence-electron chi connectivity index (χ0n) is 12.0. The molecule has 2 aromatic rings. The second kappa shape index (κ2) is 7.51. The van der Waals surface area contributed by atoms with E-state index in [1.807, 2.05) is 56.4 Å². The standard InChI is InChI=1S/C18H21NO/c1-3-9-15-12-7-8-13-17(15)20-18(14-19-2)16-10-5-4-6-11-16/h3-13,18-19H,14H2,1-2H3. The molecule has 2 aromatic carbocycles. The molecule has 1 N–H and O–H groups in total. The Morgan fingerprint density at radius 1 is 1.05 bits per heavy atom. The lowest BCUT2D eigenvalue weighted by Gasteiger charge is -2.20. The molecule has 0 bridgehead atoms. The fourth-order valence-electron chi connectivity index (χ4n) is 2.14. The summed E-state index contributed by atoms with van der Waals surface area (Å²) in [6, 6.07) is 18.4. The van der Waals surface area contributed by atoms with Crippen LogP contribution in [-0.4, -0.2) is 13.6 Å². The van der Waals surface area contributed by atoms with E-state index in [4.69, 9.17) is 4.74 Å². The van der Waals surface area contributed by atoms with Crippen molar-refractivity contribution in [2.45, 2.75) is 13.0 Å². The number of hydrogen-bond donors (Lipinski definition) is 1. The van der Waals surface area contributed by atoms with Gasteiger partial charge in [-0.15, -0.1) is 0 Å². The van der Waals surface area contributed by atoms with Gasteiger partial charge in [0.05, 0.1) is 0 Å². The fourth-order valence-corrected chi connectivity index (χ4v) is 2.14. The molecule has 20 heavy (non-hydrogen) atoms. The molecule has 2 heteroatoms. The first-order valence-corrected chi connectivity index (χ1v) is 6.93. The van der Waals surface area contributed by atoms with Gasteiger partial charge in [0.2, 0.25) is 0 Å². The average Bonchev–Trinajstić information content (AvgIpc) is 2.50. The van der Waals surface area contributed by atoms with Gasteiger partial charge in [-0.3, -0.25) is 0 Å². The predicted octanol–water partition coefficient (Wildman–Crippen LogP) is 4.06. The number of benzene rings is 2. The van der Waals surface area contributed by atoms with E-state index in [1.165, 1.54) is 5.56 Å². The molecule has 104 valence electrons. The molecule has 2 rings (SSSR count). The largest absolute Gasteiger partial charge is 0.484 e. The minimum atomic E-state index is 0.00704. The molecule has 0 aliphatic carbocycles. The van der Waals surface area contributed by atoms with Gasteiger partial charge in [-0.05, 0) is 25.6 Å². The van der Waals surface area contributed by atoms with Gasteiger partial charge in [-0.1, -0.05) is 60.7 Å². The normalized spacial score (nSPS) is 12.5. The van der Waals surface area contributed by atoms with Gasteiger partial charge >= 0.3 is 0 Å². The van der Waals surface area contributed by atoms with Gasteiger partial charge in [0.15, 0.2) is 0 Å².